The van der Waals surface area contributed by atoms with Crippen LogP contribution in [0.5, 0.6) is 0 Å². The first-order valence-corrected chi connectivity index (χ1v) is 10.9. The van der Waals surface area contributed by atoms with Gasteiger partial charge in [0.2, 0.25) is 17.7 Å². The van der Waals surface area contributed by atoms with Gasteiger partial charge >= 0.3 is 0 Å². The molecular formula is C25H33N3O4. The van der Waals surface area contributed by atoms with Gasteiger partial charge < -0.3 is 20.3 Å². The van der Waals surface area contributed by atoms with Crippen molar-refractivity contribution >= 4 is 23.4 Å². The van der Waals surface area contributed by atoms with E-state index in [-0.39, 0.29) is 36.7 Å². The maximum absolute atomic E-state index is 13.2. The summed E-state index contributed by atoms with van der Waals surface area (Å²) >= 11 is 0. The number of carbonyl (C=O) groups is 3. The third-order valence-corrected chi connectivity index (χ3v) is 5.11. The third-order valence-electron chi connectivity index (χ3n) is 5.11. The Hall–Kier alpha value is -3.19. The zero-order valence-corrected chi connectivity index (χ0v) is 19.1. The van der Waals surface area contributed by atoms with Crippen LogP contribution in [-0.2, 0) is 19.1 Å². The number of amides is 3. The number of nitrogens with one attached hydrogen (secondary N) is 2. The minimum atomic E-state index is -0.377. The van der Waals surface area contributed by atoms with Crippen LogP contribution in [-0.4, -0.2) is 56.0 Å². The summed E-state index contributed by atoms with van der Waals surface area (Å²) < 4.78 is 5.10. The number of aryl methyl sites for hydroxylation is 1. The van der Waals surface area contributed by atoms with Crippen molar-refractivity contribution < 1.29 is 19.1 Å². The molecule has 0 radical (unpaired) electrons. The van der Waals surface area contributed by atoms with Gasteiger partial charge in [0, 0.05) is 25.9 Å². The molecule has 172 valence electrons. The molecule has 2 N–H and O–H groups in total. The third kappa shape index (κ3) is 8.15. The second-order valence-corrected chi connectivity index (χ2v) is 7.67. The van der Waals surface area contributed by atoms with E-state index < -0.39 is 0 Å². The molecule has 0 aliphatic heterocycles. The highest BCUT2D eigenvalue weighted by Crippen LogP contribution is 2.22. The van der Waals surface area contributed by atoms with Crippen LogP contribution in [0.15, 0.2) is 54.6 Å². The number of benzene rings is 2. The van der Waals surface area contributed by atoms with E-state index in [1.807, 2.05) is 56.3 Å². The van der Waals surface area contributed by atoms with E-state index in [0.29, 0.717) is 31.7 Å². The molecular weight excluding hydrogens is 406 g/mol. The predicted molar refractivity (Wildman–Crippen MR) is 125 cm³/mol. The van der Waals surface area contributed by atoms with E-state index in [0.717, 1.165) is 11.1 Å². The molecule has 1 unspecified atom stereocenters. The molecule has 0 aliphatic rings. The van der Waals surface area contributed by atoms with Crippen LogP contribution in [0.3, 0.4) is 0 Å². The van der Waals surface area contributed by atoms with Gasteiger partial charge in [-0.1, -0.05) is 55.0 Å². The standard InChI is InChI=1S/C25H33N3O4/c1-4-22(20-9-6-5-7-10-20)25(31)28(15-8-16-32-3)18-24(30)26-17-23(29)27-21-13-11-19(2)12-14-21/h5-7,9-14,22H,4,8,15-18H2,1-3H3,(H,26,30)(H,27,29). The average Bonchev–Trinajstić information content (AvgIpc) is 2.80. The minimum absolute atomic E-state index is 0.103. The van der Waals surface area contributed by atoms with Gasteiger partial charge in [0.05, 0.1) is 19.0 Å². The van der Waals surface area contributed by atoms with E-state index in [2.05, 4.69) is 10.6 Å². The normalized spacial score (nSPS) is 11.5. The summed E-state index contributed by atoms with van der Waals surface area (Å²) in [4.78, 5) is 39.5. The second-order valence-electron chi connectivity index (χ2n) is 7.67. The van der Waals surface area contributed by atoms with Crippen LogP contribution < -0.4 is 10.6 Å². The Morgan fingerprint density at radius 3 is 2.31 bits per heavy atom. The Balaban J connectivity index is 1.95. The minimum Gasteiger partial charge on any atom is -0.385 e. The first-order valence-electron chi connectivity index (χ1n) is 10.9. The molecule has 0 saturated heterocycles. The van der Waals surface area contributed by atoms with Crippen LogP contribution in [0.1, 0.15) is 36.8 Å². The van der Waals surface area contributed by atoms with Crippen molar-refractivity contribution in [3.63, 3.8) is 0 Å². The summed E-state index contributed by atoms with van der Waals surface area (Å²) in [5.41, 5.74) is 2.69. The fourth-order valence-electron chi connectivity index (χ4n) is 3.38. The van der Waals surface area contributed by atoms with Gasteiger partial charge in [-0.25, -0.2) is 0 Å². The number of hydrogen-bond donors (Lipinski definition) is 2. The molecule has 0 aliphatic carbocycles. The second kappa shape index (κ2) is 13.3. The Bertz CT molecular complexity index is 869. The quantitative estimate of drug-likeness (QED) is 0.498. The molecule has 2 aromatic rings. The number of methoxy groups -OCH3 is 1. The Morgan fingerprint density at radius 2 is 1.69 bits per heavy atom. The zero-order valence-electron chi connectivity index (χ0n) is 19.1. The summed E-state index contributed by atoms with van der Waals surface area (Å²) in [6.07, 6.45) is 1.25. The lowest BCUT2D eigenvalue weighted by molar-refractivity contribution is -0.137. The number of carbonyl (C=O) groups excluding carboxylic acids is 3. The summed E-state index contributed by atoms with van der Waals surface area (Å²) in [5, 5.41) is 5.35. The van der Waals surface area contributed by atoms with E-state index in [9.17, 15) is 14.4 Å². The van der Waals surface area contributed by atoms with E-state index in [1.165, 1.54) is 0 Å². The molecule has 0 spiro atoms. The monoisotopic (exact) mass is 439 g/mol. The van der Waals surface area contributed by atoms with E-state index >= 15 is 0 Å². The fourth-order valence-corrected chi connectivity index (χ4v) is 3.38. The maximum Gasteiger partial charge on any atom is 0.243 e. The molecule has 7 nitrogen and oxygen atoms in total. The topological polar surface area (TPSA) is 87.7 Å². The molecule has 2 rings (SSSR count). The molecule has 1 atom stereocenters. The smallest absolute Gasteiger partial charge is 0.243 e. The van der Waals surface area contributed by atoms with Gasteiger partial charge in [0.15, 0.2) is 0 Å². The number of ether oxygens (including phenoxy) is 1. The Kier molecular flexibility index (Phi) is 10.4. The summed E-state index contributed by atoms with van der Waals surface area (Å²) in [6.45, 7) is 4.54. The van der Waals surface area contributed by atoms with Crippen molar-refractivity contribution in [3.05, 3.63) is 65.7 Å². The maximum atomic E-state index is 13.2. The summed E-state index contributed by atoms with van der Waals surface area (Å²) in [7, 11) is 1.60. The Labute approximate surface area is 190 Å². The molecule has 2 aromatic carbocycles. The van der Waals surface area contributed by atoms with Crippen LogP contribution >= 0.6 is 0 Å². The SMILES string of the molecule is CCC(C(=O)N(CCCOC)CC(=O)NCC(=O)Nc1ccc(C)cc1)c1ccccc1. The highest BCUT2D eigenvalue weighted by Gasteiger charge is 2.25. The zero-order chi connectivity index (χ0) is 23.3. The van der Waals surface area contributed by atoms with Crippen LogP contribution in [0, 0.1) is 6.92 Å². The highest BCUT2D eigenvalue weighted by molar-refractivity contribution is 5.95. The van der Waals surface area contributed by atoms with Gasteiger partial charge in [-0.15, -0.1) is 0 Å². The first kappa shape index (κ1) is 25.1. The number of nitrogens with zero attached hydrogens (tertiary/aromatic N) is 1. The summed E-state index contributed by atoms with van der Waals surface area (Å²) in [6, 6.07) is 17.0. The van der Waals surface area contributed by atoms with Crippen LogP contribution in [0.4, 0.5) is 5.69 Å². The lowest BCUT2D eigenvalue weighted by Gasteiger charge is -2.27. The predicted octanol–water partition coefficient (Wildman–Crippen LogP) is 3.11. The van der Waals surface area contributed by atoms with Gasteiger partial charge in [-0.05, 0) is 37.5 Å². The molecule has 0 saturated carbocycles. The van der Waals surface area contributed by atoms with E-state index in [1.54, 1.807) is 24.1 Å². The Morgan fingerprint density at radius 1 is 1.00 bits per heavy atom. The van der Waals surface area contributed by atoms with E-state index in [4.69, 9.17) is 4.74 Å². The van der Waals surface area contributed by atoms with Crippen molar-refractivity contribution in [1.29, 1.82) is 0 Å². The molecule has 32 heavy (non-hydrogen) atoms. The van der Waals surface area contributed by atoms with Gasteiger partial charge in [-0.3, -0.25) is 14.4 Å². The number of anilines is 1. The van der Waals surface area contributed by atoms with Crippen molar-refractivity contribution in [2.24, 2.45) is 0 Å². The lowest BCUT2D eigenvalue weighted by atomic mass is 9.95. The van der Waals surface area contributed by atoms with Crippen molar-refractivity contribution in [3.8, 4) is 0 Å². The molecule has 0 bridgehead atoms. The largest absolute Gasteiger partial charge is 0.385 e. The molecule has 0 heterocycles. The molecule has 3 amide bonds. The van der Waals surface area contributed by atoms with Crippen LogP contribution in [0.25, 0.3) is 0 Å². The highest BCUT2D eigenvalue weighted by atomic mass is 16.5. The first-order chi connectivity index (χ1) is 15.4. The van der Waals surface area contributed by atoms with Crippen molar-refractivity contribution in [1.82, 2.24) is 10.2 Å². The molecule has 0 fully saturated rings. The summed E-state index contributed by atoms with van der Waals surface area (Å²) in [5.74, 6) is -1.13. The van der Waals surface area contributed by atoms with Gasteiger partial charge in [0.1, 0.15) is 0 Å². The lowest BCUT2D eigenvalue weighted by Crippen LogP contribution is -2.45. The van der Waals surface area contributed by atoms with Gasteiger partial charge in [-0.2, -0.15) is 0 Å². The average molecular weight is 440 g/mol. The number of rotatable bonds is 12. The molecule has 7 heteroatoms. The van der Waals surface area contributed by atoms with Crippen molar-refractivity contribution in [2.75, 3.05) is 38.7 Å². The van der Waals surface area contributed by atoms with Crippen LogP contribution in [0.2, 0.25) is 0 Å². The van der Waals surface area contributed by atoms with Gasteiger partial charge in [0.25, 0.3) is 0 Å². The fraction of sp³-hybridized carbons (Fsp3) is 0.400. The molecule has 0 aromatic heterocycles. The number of hydrogen-bond acceptors (Lipinski definition) is 4. The van der Waals surface area contributed by atoms with Crippen molar-refractivity contribution in [2.45, 2.75) is 32.6 Å².